The zero-order valence-corrected chi connectivity index (χ0v) is 13.0. The van der Waals surface area contributed by atoms with Gasteiger partial charge in [-0.2, -0.15) is 0 Å². The lowest BCUT2D eigenvalue weighted by Crippen LogP contribution is -2.35. The predicted octanol–water partition coefficient (Wildman–Crippen LogP) is 3.27. The lowest BCUT2D eigenvalue weighted by Gasteiger charge is -2.30. The molecule has 0 saturated heterocycles. The van der Waals surface area contributed by atoms with Crippen LogP contribution in [-0.4, -0.2) is 29.5 Å². The molecule has 1 aromatic carbocycles. The topological polar surface area (TPSA) is 42.1 Å². The van der Waals surface area contributed by atoms with Crippen LogP contribution in [0.1, 0.15) is 37.1 Å². The highest BCUT2D eigenvalue weighted by Gasteiger charge is 2.27. The number of nitrogens with two attached hydrogens (primary N) is 1. The van der Waals surface area contributed by atoms with Crippen LogP contribution >= 0.6 is 0 Å². The molecule has 1 aliphatic carbocycles. The fraction of sp³-hybridized carbons (Fsp3) is 0.500. The van der Waals surface area contributed by atoms with Gasteiger partial charge in [-0.1, -0.05) is 19.1 Å². The first-order valence-electron chi connectivity index (χ1n) is 8.02. The zero-order chi connectivity index (χ0) is 14.8. The number of pyridine rings is 1. The van der Waals surface area contributed by atoms with Crippen LogP contribution in [-0.2, 0) is 0 Å². The quantitative estimate of drug-likeness (QED) is 0.884. The van der Waals surface area contributed by atoms with Gasteiger partial charge in [-0.15, -0.1) is 0 Å². The standard InChI is InChI=1S/C18H25N3/c1-3-21(12-14-5-6-14)18(11-19)16-8-9-17-15(10-16)7-4-13(2)20-17/h4,7-10,14,18H,3,5-6,11-12,19H2,1-2H3. The maximum atomic E-state index is 6.09. The SMILES string of the molecule is CCN(CC1CC1)C(CN)c1ccc2nc(C)ccc2c1. The summed E-state index contributed by atoms with van der Waals surface area (Å²) in [6, 6.07) is 11.1. The van der Waals surface area contributed by atoms with Gasteiger partial charge >= 0.3 is 0 Å². The summed E-state index contributed by atoms with van der Waals surface area (Å²) in [5.74, 6) is 0.892. The number of hydrogen-bond donors (Lipinski definition) is 1. The lowest BCUT2D eigenvalue weighted by molar-refractivity contribution is 0.203. The molecule has 1 atom stereocenters. The molecule has 112 valence electrons. The molecule has 2 aromatic rings. The molecule has 1 unspecified atom stereocenters. The van der Waals surface area contributed by atoms with Gasteiger partial charge in [0, 0.05) is 30.2 Å². The van der Waals surface area contributed by atoms with Gasteiger partial charge in [-0.05, 0) is 56.0 Å². The minimum atomic E-state index is 0.321. The highest BCUT2D eigenvalue weighted by atomic mass is 15.2. The van der Waals surface area contributed by atoms with Crippen LogP contribution in [0.3, 0.4) is 0 Å². The van der Waals surface area contributed by atoms with Crippen LogP contribution in [0.2, 0.25) is 0 Å². The van der Waals surface area contributed by atoms with Gasteiger partial charge in [0.25, 0.3) is 0 Å². The van der Waals surface area contributed by atoms with E-state index >= 15 is 0 Å². The van der Waals surface area contributed by atoms with Crippen molar-refractivity contribution in [1.29, 1.82) is 0 Å². The number of benzene rings is 1. The highest BCUT2D eigenvalue weighted by Crippen LogP contribution is 2.33. The van der Waals surface area contributed by atoms with Crippen molar-refractivity contribution in [2.24, 2.45) is 11.7 Å². The molecule has 0 radical (unpaired) electrons. The third-order valence-corrected chi connectivity index (χ3v) is 4.50. The Morgan fingerprint density at radius 3 is 2.76 bits per heavy atom. The number of rotatable bonds is 6. The molecule has 1 heterocycles. The normalized spacial score (nSPS) is 16.6. The Hall–Kier alpha value is -1.45. The van der Waals surface area contributed by atoms with Crippen LogP contribution in [0.4, 0.5) is 0 Å². The summed E-state index contributed by atoms with van der Waals surface area (Å²) in [6.45, 7) is 7.18. The van der Waals surface area contributed by atoms with Crippen LogP contribution < -0.4 is 5.73 Å². The van der Waals surface area contributed by atoms with Gasteiger partial charge in [-0.3, -0.25) is 9.88 Å². The van der Waals surface area contributed by atoms with Crippen molar-refractivity contribution in [2.45, 2.75) is 32.7 Å². The maximum absolute atomic E-state index is 6.09. The average molecular weight is 283 g/mol. The van der Waals surface area contributed by atoms with Crippen molar-refractivity contribution in [1.82, 2.24) is 9.88 Å². The van der Waals surface area contributed by atoms with Gasteiger partial charge in [0.15, 0.2) is 0 Å². The fourth-order valence-electron chi connectivity index (χ4n) is 3.06. The third-order valence-electron chi connectivity index (χ3n) is 4.50. The largest absolute Gasteiger partial charge is 0.329 e. The van der Waals surface area contributed by atoms with E-state index < -0.39 is 0 Å². The maximum Gasteiger partial charge on any atom is 0.0705 e. The first-order chi connectivity index (χ1) is 10.2. The Morgan fingerprint density at radius 2 is 2.10 bits per heavy atom. The molecule has 0 amide bonds. The van der Waals surface area contributed by atoms with E-state index in [0.29, 0.717) is 12.6 Å². The number of nitrogens with zero attached hydrogens (tertiary/aromatic N) is 2. The second kappa shape index (κ2) is 6.12. The number of likely N-dealkylation sites (N-methyl/N-ethyl adjacent to an activating group) is 1. The molecule has 1 aliphatic rings. The molecule has 3 nitrogen and oxygen atoms in total. The lowest BCUT2D eigenvalue weighted by atomic mass is 10.0. The van der Waals surface area contributed by atoms with E-state index in [9.17, 15) is 0 Å². The summed E-state index contributed by atoms with van der Waals surface area (Å²) in [6.07, 6.45) is 2.77. The van der Waals surface area contributed by atoms with Crippen LogP contribution in [0.5, 0.6) is 0 Å². The summed E-state index contributed by atoms with van der Waals surface area (Å²) in [5, 5.41) is 1.21. The zero-order valence-electron chi connectivity index (χ0n) is 13.0. The Labute approximate surface area is 127 Å². The van der Waals surface area contributed by atoms with E-state index in [1.54, 1.807) is 0 Å². The number of aromatic nitrogens is 1. The molecule has 21 heavy (non-hydrogen) atoms. The average Bonchev–Trinajstić information content (AvgIpc) is 3.31. The van der Waals surface area contributed by atoms with E-state index in [4.69, 9.17) is 5.73 Å². The molecule has 0 aliphatic heterocycles. The van der Waals surface area contributed by atoms with Crippen molar-refractivity contribution in [3.63, 3.8) is 0 Å². The van der Waals surface area contributed by atoms with Gasteiger partial charge in [-0.25, -0.2) is 0 Å². The summed E-state index contributed by atoms with van der Waals surface area (Å²) in [4.78, 5) is 7.11. The molecule has 3 heteroatoms. The smallest absolute Gasteiger partial charge is 0.0705 e. The second-order valence-electron chi connectivity index (χ2n) is 6.19. The van der Waals surface area contributed by atoms with Gasteiger partial charge in [0.2, 0.25) is 0 Å². The third kappa shape index (κ3) is 3.25. The molecule has 1 fully saturated rings. The summed E-state index contributed by atoms with van der Waals surface area (Å²) < 4.78 is 0. The number of hydrogen-bond acceptors (Lipinski definition) is 3. The van der Waals surface area contributed by atoms with E-state index in [1.807, 2.05) is 6.92 Å². The summed E-state index contributed by atoms with van der Waals surface area (Å²) in [5.41, 5.74) is 9.54. The monoisotopic (exact) mass is 283 g/mol. The van der Waals surface area contributed by atoms with Crippen LogP contribution in [0.15, 0.2) is 30.3 Å². The summed E-state index contributed by atoms with van der Waals surface area (Å²) in [7, 11) is 0. The van der Waals surface area contributed by atoms with Crippen molar-refractivity contribution >= 4 is 10.9 Å². The summed E-state index contributed by atoms with van der Waals surface area (Å²) >= 11 is 0. The van der Waals surface area contributed by atoms with Crippen molar-refractivity contribution in [3.05, 3.63) is 41.6 Å². The van der Waals surface area contributed by atoms with Crippen molar-refractivity contribution in [3.8, 4) is 0 Å². The van der Waals surface area contributed by atoms with Crippen molar-refractivity contribution in [2.75, 3.05) is 19.6 Å². The minimum Gasteiger partial charge on any atom is -0.329 e. The number of fused-ring (bicyclic) bond motifs is 1. The van der Waals surface area contributed by atoms with Crippen LogP contribution in [0, 0.1) is 12.8 Å². The van der Waals surface area contributed by atoms with E-state index in [1.165, 1.54) is 30.3 Å². The molecule has 1 saturated carbocycles. The van der Waals surface area contributed by atoms with E-state index in [0.717, 1.165) is 23.7 Å². The first kappa shape index (κ1) is 14.5. The van der Waals surface area contributed by atoms with E-state index in [2.05, 4.69) is 47.1 Å². The number of aryl methyl sites for hydroxylation is 1. The molecular weight excluding hydrogens is 258 g/mol. The van der Waals surface area contributed by atoms with Crippen LogP contribution in [0.25, 0.3) is 10.9 Å². The fourth-order valence-corrected chi connectivity index (χ4v) is 3.06. The minimum absolute atomic E-state index is 0.321. The Morgan fingerprint density at radius 1 is 1.29 bits per heavy atom. The Bertz CT molecular complexity index is 619. The molecule has 2 N–H and O–H groups in total. The molecule has 0 bridgehead atoms. The molecule has 0 spiro atoms. The Kier molecular flexibility index (Phi) is 4.22. The van der Waals surface area contributed by atoms with Gasteiger partial charge < -0.3 is 5.73 Å². The first-order valence-corrected chi connectivity index (χ1v) is 8.02. The van der Waals surface area contributed by atoms with Crippen molar-refractivity contribution < 1.29 is 0 Å². The van der Waals surface area contributed by atoms with Gasteiger partial charge in [0.05, 0.1) is 5.52 Å². The van der Waals surface area contributed by atoms with E-state index in [-0.39, 0.29) is 0 Å². The molecular formula is C18H25N3. The Balaban J connectivity index is 1.89. The van der Waals surface area contributed by atoms with Gasteiger partial charge in [0.1, 0.15) is 0 Å². The second-order valence-corrected chi connectivity index (χ2v) is 6.19. The highest BCUT2D eigenvalue weighted by molar-refractivity contribution is 5.79. The molecule has 1 aromatic heterocycles. The molecule has 3 rings (SSSR count). The predicted molar refractivity (Wildman–Crippen MR) is 88.2 cm³/mol.